The zero-order chi connectivity index (χ0) is 19.7. The summed E-state index contributed by atoms with van der Waals surface area (Å²) in [7, 11) is 1.57. The number of benzene rings is 1. The minimum atomic E-state index is -0.847. The fraction of sp³-hybridized carbons (Fsp3) is 0.143. The maximum atomic E-state index is 10.9. The highest BCUT2D eigenvalue weighted by molar-refractivity contribution is 6.35. The van der Waals surface area contributed by atoms with E-state index in [0.29, 0.717) is 44.0 Å². The number of aliphatic hydroxyl groups is 1. The molecule has 0 fully saturated rings. The predicted molar refractivity (Wildman–Crippen MR) is 109 cm³/mol. The van der Waals surface area contributed by atoms with Crippen LogP contribution in [0, 0.1) is 0 Å². The molecular formula is C21H16Cl2N2O3. The minimum Gasteiger partial charge on any atom is -0.493 e. The van der Waals surface area contributed by atoms with Gasteiger partial charge in [0.05, 0.1) is 23.3 Å². The molecule has 1 atom stereocenters. The van der Waals surface area contributed by atoms with Gasteiger partial charge in [0, 0.05) is 30.4 Å². The summed E-state index contributed by atoms with van der Waals surface area (Å²) in [5, 5.41) is 12.5. The van der Waals surface area contributed by atoms with Crippen LogP contribution >= 0.6 is 23.2 Å². The number of fused-ring (bicyclic) bond motifs is 1. The normalized spacial score (nSPS) is 12.3. The van der Waals surface area contributed by atoms with Gasteiger partial charge in [-0.05, 0) is 35.4 Å². The molecule has 3 heterocycles. The highest BCUT2D eigenvalue weighted by Crippen LogP contribution is 2.38. The lowest BCUT2D eigenvalue weighted by atomic mass is 9.98. The second kappa shape index (κ2) is 7.80. The number of ether oxygens (including phenoxy) is 1. The van der Waals surface area contributed by atoms with Gasteiger partial charge in [-0.1, -0.05) is 35.3 Å². The number of pyridine rings is 2. The smallest absolute Gasteiger partial charge is 0.177 e. The zero-order valence-corrected chi connectivity index (χ0v) is 16.4. The van der Waals surface area contributed by atoms with Crippen molar-refractivity contribution in [2.45, 2.75) is 12.5 Å². The Morgan fingerprint density at radius 2 is 1.93 bits per heavy atom. The summed E-state index contributed by atoms with van der Waals surface area (Å²) in [4.78, 5) is 8.28. The lowest BCUT2D eigenvalue weighted by molar-refractivity contribution is 0.180. The third-order valence-corrected chi connectivity index (χ3v) is 5.18. The Morgan fingerprint density at radius 3 is 2.61 bits per heavy atom. The molecule has 0 saturated heterocycles. The van der Waals surface area contributed by atoms with Crippen molar-refractivity contribution < 1.29 is 14.3 Å². The molecule has 0 radical (unpaired) electrons. The van der Waals surface area contributed by atoms with E-state index in [1.165, 1.54) is 12.4 Å². The molecule has 7 heteroatoms. The lowest BCUT2D eigenvalue weighted by Crippen LogP contribution is -2.04. The molecule has 1 aromatic carbocycles. The first kappa shape index (κ1) is 18.7. The number of aromatic nitrogens is 2. The highest BCUT2D eigenvalue weighted by Gasteiger charge is 2.21. The van der Waals surface area contributed by atoms with Crippen LogP contribution in [0.3, 0.4) is 0 Å². The van der Waals surface area contributed by atoms with Crippen molar-refractivity contribution >= 4 is 34.2 Å². The molecule has 0 spiro atoms. The number of hydrogen-bond acceptors (Lipinski definition) is 5. The summed E-state index contributed by atoms with van der Waals surface area (Å²) in [5.74, 6) is 1.17. The molecular weight excluding hydrogens is 399 g/mol. The summed E-state index contributed by atoms with van der Waals surface area (Å²) in [6.07, 6.45) is 4.11. The standard InChI is InChI=1S/C21H16Cl2N2O3/c1-27-19-6-5-12(18(26)8-14-15(22)10-24-11-16(14)23)13-9-20(28-21(13)19)17-4-2-3-7-25-17/h2-7,9-11,18,26H,8H2,1H3. The van der Waals surface area contributed by atoms with Gasteiger partial charge in [-0.25, -0.2) is 0 Å². The molecule has 142 valence electrons. The van der Waals surface area contributed by atoms with Gasteiger partial charge >= 0.3 is 0 Å². The van der Waals surface area contributed by atoms with Crippen molar-refractivity contribution in [3.63, 3.8) is 0 Å². The summed E-state index contributed by atoms with van der Waals surface area (Å²) in [5.41, 5.74) is 2.57. The molecule has 1 unspecified atom stereocenters. The molecule has 3 aromatic heterocycles. The van der Waals surface area contributed by atoms with Crippen molar-refractivity contribution in [2.24, 2.45) is 0 Å². The summed E-state index contributed by atoms with van der Waals surface area (Å²) < 4.78 is 11.4. The average molecular weight is 415 g/mol. The molecule has 0 amide bonds. The largest absolute Gasteiger partial charge is 0.493 e. The number of hydrogen-bond donors (Lipinski definition) is 1. The van der Waals surface area contributed by atoms with E-state index in [9.17, 15) is 5.11 Å². The van der Waals surface area contributed by atoms with E-state index in [1.807, 2.05) is 30.3 Å². The van der Waals surface area contributed by atoms with E-state index in [1.54, 1.807) is 19.4 Å². The fourth-order valence-electron chi connectivity index (χ4n) is 3.14. The van der Waals surface area contributed by atoms with Crippen LogP contribution in [0.5, 0.6) is 5.75 Å². The van der Waals surface area contributed by atoms with Gasteiger partial charge in [-0.2, -0.15) is 0 Å². The minimum absolute atomic E-state index is 0.242. The van der Waals surface area contributed by atoms with Gasteiger partial charge < -0.3 is 14.3 Å². The maximum Gasteiger partial charge on any atom is 0.177 e. The highest BCUT2D eigenvalue weighted by atomic mass is 35.5. The van der Waals surface area contributed by atoms with Crippen LogP contribution in [0.2, 0.25) is 10.0 Å². The van der Waals surface area contributed by atoms with E-state index < -0.39 is 6.10 Å². The van der Waals surface area contributed by atoms with Crippen LogP contribution in [-0.4, -0.2) is 22.2 Å². The first-order valence-electron chi connectivity index (χ1n) is 8.56. The van der Waals surface area contributed by atoms with Crippen LogP contribution in [0.4, 0.5) is 0 Å². The number of methoxy groups -OCH3 is 1. The Morgan fingerprint density at radius 1 is 1.14 bits per heavy atom. The summed E-state index contributed by atoms with van der Waals surface area (Å²) >= 11 is 12.4. The van der Waals surface area contributed by atoms with Gasteiger partial charge in [0.25, 0.3) is 0 Å². The monoisotopic (exact) mass is 414 g/mol. The first-order chi connectivity index (χ1) is 13.6. The number of nitrogens with zero attached hydrogens (tertiary/aromatic N) is 2. The van der Waals surface area contributed by atoms with Crippen molar-refractivity contribution in [1.29, 1.82) is 0 Å². The van der Waals surface area contributed by atoms with E-state index in [4.69, 9.17) is 32.4 Å². The molecule has 0 aliphatic carbocycles. The summed E-state index contributed by atoms with van der Waals surface area (Å²) in [6, 6.07) is 11.0. The second-order valence-corrected chi connectivity index (χ2v) is 7.04. The van der Waals surface area contributed by atoms with Crippen molar-refractivity contribution in [2.75, 3.05) is 7.11 Å². The second-order valence-electron chi connectivity index (χ2n) is 6.23. The van der Waals surface area contributed by atoms with Crippen LogP contribution in [0.25, 0.3) is 22.4 Å². The summed E-state index contributed by atoms with van der Waals surface area (Å²) in [6.45, 7) is 0. The van der Waals surface area contributed by atoms with E-state index in [2.05, 4.69) is 9.97 Å². The molecule has 0 bridgehead atoms. The van der Waals surface area contributed by atoms with Crippen LogP contribution < -0.4 is 4.74 Å². The molecule has 4 aromatic rings. The molecule has 0 aliphatic rings. The molecule has 28 heavy (non-hydrogen) atoms. The number of halogens is 2. The van der Waals surface area contributed by atoms with E-state index in [0.717, 1.165) is 5.39 Å². The first-order valence-corrected chi connectivity index (χ1v) is 9.32. The van der Waals surface area contributed by atoms with Crippen LogP contribution in [0.1, 0.15) is 17.2 Å². The number of aliphatic hydroxyl groups excluding tert-OH is 1. The van der Waals surface area contributed by atoms with Crippen LogP contribution in [-0.2, 0) is 6.42 Å². The lowest BCUT2D eigenvalue weighted by Gasteiger charge is -2.15. The topological polar surface area (TPSA) is 68.4 Å². The molecule has 0 aliphatic heterocycles. The third-order valence-electron chi connectivity index (χ3n) is 4.53. The predicted octanol–water partition coefficient (Wildman–Crippen LogP) is 5.48. The quantitative estimate of drug-likeness (QED) is 0.468. The number of rotatable bonds is 5. The van der Waals surface area contributed by atoms with Gasteiger partial charge in [0.2, 0.25) is 0 Å². The van der Waals surface area contributed by atoms with Gasteiger partial charge in [-0.15, -0.1) is 0 Å². The molecule has 4 rings (SSSR count). The Hall–Kier alpha value is -2.60. The maximum absolute atomic E-state index is 10.9. The number of furan rings is 1. The van der Waals surface area contributed by atoms with Crippen molar-refractivity contribution in [3.8, 4) is 17.2 Å². The van der Waals surface area contributed by atoms with Crippen molar-refractivity contribution in [1.82, 2.24) is 9.97 Å². The molecule has 0 saturated carbocycles. The van der Waals surface area contributed by atoms with Gasteiger partial charge in [0.15, 0.2) is 17.1 Å². The Balaban J connectivity index is 1.79. The van der Waals surface area contributed by atoms with E-state index >= 15 is 0 Å². The zero-order valence-electron chi connectivity index (χ0n) is 14.9. The van der Waals surface area contributed by atoms with Gasteiger partial charge in [0.1, 0.15) is 5.69 Å². The molecule has 1 N–H and O–H groups in total. The Kier molecular flexibility index (Phi) is 5.22. The van der Waals surface area contributed by atoms with Gasteiger partial charge in [-0.3, -0.25) is 9.97 Å². The SMILES string of the molecule is COc1ccc(C(O)Cc2c(Cl)cncc2Cl)c2cc(-c3ccccn3)oc12. The Labute approximate surface area is 171 Å². The van der Waals surface area contributed by atoms with Crippen LogP contribution in [0.15, 0.2) is 59.4 Å². The average Bonchev–Trinajstić information content (AvgIpc) is 3.16. The molecule has 5 nitrogen and oxygen atoms in total. The fourth-order valence-corrected chi connectivity index (χ4v) is 3.66. The van der Waals surface area contributed by atoms with E-state index in [-0.39, 0.29) is 6.42 Å². The third kappa shape index (κ3) is 3.44. The van der Waals surface area contributed by atoms with Crippen molar-refractivity contribution in [3.05, 3.63) is 76.2 Å². The Bertz CT molecular complexity index is 1110.